The number of anilines is 1. The Morgan fingerprint density at radius 3 is 3.03 bits per heavy atom. The quantitative estimate of drug-likeness (QED) is 0.577. The van der Waals surface area contributed by atoms with E-state index in [1.165, 1.54) is 11.3 Å². The van der Waals surface area contributed by atoms with Crippen molar-refractivity contribution in [2.24, 2.45) is 11.8 Å². The first kappa shape index (κ1) is 20.8. The summed E-state index contributed by atoms with van der Waals surface area (Å²) in [6.45, 7) is 5.22. The summed E-state index contributed by atoms with van der Waals surface area (Å²) in [6, 6.07) is 5.73. The molecule has 7 nitrogen and oxygen atoms in total. The molecule has 0 saturated carbocycles. The summed E-state index contributed by atoms with van der Waals surface area (Å²) in [5, 5.41) is 14.1. The van der Waals surface area contributed by atoms with Crippen LogP contribution in [0.1, 0.15) is 30.8 Å². The number of nitrogens with one attached hydrogen (secondary N) is 2. The third kappa shape index (κ3) is 4.65. The van der Waals surface area contributed by atoms with Gasteiger partial charge < -0.3 is 15.2 Å². The second-order valence-corrected chi connectivity index (χ2v) is 9.58. The highest BCUT2D eigenvalue weighted by Crippen LogP contribution is 2.25. The molecular formula is C21H24ClN5O2S. The molecule has 3 aromatic rings. The molecule has 1 atom stereocenters. The average Bonchev–Trinajstić information content (AvgIpc) is 3.39. The van der Waals surface area contributed by atoms with Crippen LogP contribution in [0.2, 0.25) is 5.02 Å². The van der Waals surface area contributed by atoms with Crippen LogP contribution in [0.3, 0.4) is 0 Å². The number of aromatic nitrogens is 3. The minimum atomic E-state index is -0.368. The maximum Gasteiger partial charge on any atom is 0.231 e. The molecule has 30 heavy (non-hydrogen) atoms. The molecular weight excluding hydrogens is 422 g/mol. The summed E-state index contributed by atoms with van der Waals surface area (Å²) in [4.78, 5) is 30.0. The van der Waals surface area contributed by atoms with E-state index in [1.54, 1.807) is 4.90 Å². The number of likely N-dealkylation sites (tertiary alicyclic amines) is 1. The van der Waals surface area contributed by atoms with Crippen molar-refractivity contribution in [3.63, 3.8) is 0 Å². The van der Waals surface area contributed by atoms with Crippen molar-refractivity contribution in [3.8, 4) is 0 Å². The van der Waals surface area contributed by atoms with Crippen LogP contribution >= 0.6 is 22.9 Å². The van der Waals surface area contributed by atoms with Crippen molar-refractivity contribution in [3.05, 3.63) is 40.0 Å². The van der Waals surface area contributed by atoms with Gasteiger partial charge in [0.25, 0.3) is 0 Å². The maximum atomic E-state index is 12.6. The van der Waals surface area contributed by atoms with E-state index in [4.69, 9.17) is 11.6 Å². The third-order valence-corrected chi connectivity index (χ3v) is 6.34. The fourth-order valence-electron chi connectivity index (χ4n) is 3.72. The Hall–Kier alpha value is -2.45. The zero-order valence-corrected chi connectivity index (χ0v) is 18.5. The van der Waals surface area contributed by atoms with E-state index in [1.807, 2.05) is 24.4 Å². The third-order valence-electron chi connectivity index (χ3n) is 5.25. The Morgan fingerprint density at radius 1 is 1.40 bits per heavy atom. The fraction of sp³-hybridized carbons (Fsp3) is 0.429. The molecule has 1 unspecified atom stereocenters. The minimum Gasteiger partial charge on any atom is -0.361 e. The lowest BCUT2D eigenvalue weighted by atomic mass is 10.1. The number of aromatic amines is 1. The lowest BCUT2D eigenvalue weighted by Gasteiger charge is -2.16. The van der Waals surface area contributed by atoms with E-state index >= 15 is 0 Å². The Kier molecular flexibility index (Phi) is 6.06. The van der Waals surface area contributed by atoms with Crippen molar-refractivity contribution < 1.29 is 9.59 Å². The van der Waals surface area contributed by atoms with E-state index in [0.717, 1.165) is 27.9 Å². The molecule has 2 N–H and O–H groups in total. The highest BCUT2D eigenvalue weighted by atomic mass is 35.5. The number of amides is 2. The number of H-pyrrole nitrogens is 1. The molecule has 0 aliphatic carbocycles. The largest absolute Gasteiger partial charge is 0.361 e. The van der Waals surface area contributed by atoms with E-state index in [0.29, 0.717) is 35.6 Å². The standard InChI is InChI=1S/C21H24ClN5O2S/c1-12(2)7-18-25-26-21(30-18)24-20(29)14-8-19(28)27(11-14)6-5-13-10-23-17-4-3-15(22)9-16(13)17/h3-4,9-10,12,14,23H,5-8,11H2,1-2H3,(H,24,26,29). The molecule has 0 spiro atoms. The van der Waals surface area contributed by atoms with Gasteiger partial charge in [-0.15, -0.1) is 10.2 Å². The summed E-state index contributed by atoms with van der Waals surface area (Å²) < 4.78 is 0. The first-order valence-electron chi connectivity index (χ1n) is 10.1. The van der Waals surface area contributed by atoms with Gasteiger partial charge in [0.2, 0.25) is 16.9 Å². The highest BCUT2D eigenvalue weighted by molar-refractivity contribution is 7.15. The molecule has 1 saturated heterocycles. The minimum absolute atomic E-state index is 0.00536. The van der Waals surface area contributed by atoms with Crippen LogP contribution in [0.5, 0.6) is 0 Å². The Bertz CT molecular complexity index is 1080. The molecule has 1 aliphatic rings. The van der Waals surface area contributed by atoms with Crippen LogP contribution in [0.4, 0.5) is 5.13 Å². The second-order valence-electron chi connectivity index (χ2n) is 8.08. The van der Waals surface area contributed by atoms with Gasteiger partial charge in [0.15, 0.2) is 0 Å². The van der Waals surface area contributed by atoms with E-state index in [9.17, 15) is 9.59 Å². The number of halogens is 1. The molecule has 9 heteroatoms. The summed E-state index contributed by atoms with van der Waals surface area (Å²) in [5.74, 6) is -0.0502. The molecule has 1 fully saturated rings. The van der Waals surface area contributed by atoms with Crippen molar-refractivity contribution >= 4 is 50.8 Å². The second kappa shape index (κ2) is 8.73. The summed E-state index contributed by atoms with van der Waals surface area (Å²) >= 11 is 7.51. The number of hydrogen-bond donors (Lipinski definition) is 2. The Morgan fingerprint density at radius 2 is 2.23 bits per heavy atom. The average molecular weight is 446 g/mol. The molecule has 2 amide bonds. The van der Waals surface area contributed by atoms with Crippen LogP contribution in [0.15, 0.2) is 24.4 Å². The summed E-state index contributed by atoms with van der Waals surface area (Å²) in [6.07, 6.45) is 3.72. The predicted molar refractivity (Wildman–Crippen MR) is 119 cm³/mol. The first-order valence-corrected chi connectivity index (χ1v) is 11.2. The highest BCUT2D eigenvalue weighted by Gasteiger charge is 2.34. The van der Waals surface area contributed by atoms with E-state index < -0.39 is 0 Å². The van der Waals surface area contributed by atoms with Crippen LogP contribution in [0, 0.1) is 11.8 Å². The first-order chi connectivity index (χ1) is 14.4. The number of fused-ring (bicyclic) bond motifs is 1. The molecule has 3 heterocycles. The van der Waals surface area contributed by atoms with Gasteiger partial charge >= 0.3 is 0 Å². The summed E-state index contributed by atoms with van der Waals surface area (Å²) in [5.41, 5.74) is 2.13. The molecule has 158 valence electrons. The van der Waals surface area contributed by atoms with Gasteiger partial charge in [-0.25, -0.2) is 0 Å². The van der Waals surface area contributed by atoms with Gasteiger partial charge in [-0.05, 0) is 36.1 Å². The van der Waals surface area contributed by atoms with Crippen molar-refractivity contribution in [1.29, 1.82) is 0 Å². The van der Waals surface area contributed by atoms with Crippen molar-refractivity contribution in [2.75, 3.05) is 18.4 Å². The SMILES string of the molecule is CC(C)Cc1nnc(NC(=O)C2CC(=O)N(CCc3c[nH]c4ccc(Cl)cc34)C2)s1. The number of carbonyl (C=O) groups excluding carboxylic acids is 2. The van der Waals surface area contributed by atoms with Gasteiger partial charge in [-0.2, -0.15) is 0 Å². The lowest BCUT2D eigenvalue weighted by molar-refractivity contribution is -0.128. The van der Waals surface area contributed by atoms with Crippen LogP contribution in [-0.4, -0.2) is 45.0 Å². The van der Waals surface area contributed by atoms with Gasteiger partial charge in [0.1, 0.15) is 5.01 Å². The topological polar surface area (TPSA) is 91.0 Å². The zero-order chi connectivity index (χ0) is 21.3. The Balaban J connectivity index is 1.33. The van der Waals surface area contributed by atoms with Gasteiger partial charge in [0.05, 0.1) is 5.92 Å². The monoisotopic (exact) mass is 445 g/mol. The smallest absolute Gasteiger partial charge is 0.231 e. The number of nitrogens with zero attached hydrogens (tertiary/aromatic N) is 3. The fourth-order valence-corrected chi connectivity index (χ4v) is 4.85. The van der Waals surface area contributed by atoms with E-state index in [2.05, 4.69) is 34.3 Å². The van der Waals surface area contributed by atoms with Gasteiger partial charge in [0, 0.05) is 48.1 Å². The van der Waals surface area contributed by atoms with Gasteiger partial charge in [-0.3, -0.25) is 9.59 Å². The van der Waals surface area contributed by atoms with E-state index in [-0.39, 0.29) is 24.2 Å². The molecule has 1 aliphatic heterocycles. The molecule has 1 aromatic carbocycles. The van der Waals surface area contributed by atoms with Crippen molar-refractivity contribution in [2.45, 2.75) is 33.1 Å². The van der Waals surface area contributed by atoms with Crippen LogP contribution in [0.25, 0.3) is 10.9 Å². The lowest BCUT2D eigenvalue weighted by Crippen LogP contribution is -2.30. The molecule has 0 bridgehead atoms. The van der Waals surface area contributed by atoms with Crippen molar-refractivity contribution in [1.82, 2.24) is 20.1 Å². The van der Waals surface area contributed by atoms with Crippen LogP contribution in [-0.2, 0) is 22.4 Å². The molecule has 0 radical (unpaired) electrons. The Labute approximate surface area is 183 Å². The molecule has 4 rings (SSSR count). The zero-order valence-electron chi connectivity index (χ0n) is 16.9. The van der Waals surface area contributed by atoms with Crippen LogP contribution < -0.4 is 5.32 Å². The predicted octanol–water partition coefficient (Wildman–Crippen LogP) is 3.90. The maximum absolute atomic E-state index is 12.6. The normalized spacial score (nSPS) is 16.7. The summed E-state index contributed by atoms with van der Waals surface area (Å²) in [7, 11) is 0. The van der Waals surface area contributed by atoms with Gasteiger partial charge in [-0.1, -0.05) is 36.8 Å². The number of carbonyl (C=O) groups is 2. The number of rotatable bonds is 7. The molecule has 2 aromatic heterocycles. The number of benzene rings is 1. The number of hydrogen-bond acceptors (Lipinski definition) is 5.